The molecule has 0 aliphatic carbocycles. The Morgan fingerprint density at radius 2 is 2.24 bits per heavy atom. The highest BCUT2D eigenvalue weighted by Crippen LogP contribution is 2.24. The largest absolute Gasteiger partial charge is 0.755 e. The van der Waals surface area contributed by atoms with Gasteiger partial charge in [0, 0.05) is 23.1 Å². The van der Waals surface area contributed by atoms with E-state index in [-0.39, 0.29) is 17.5 Å². The van der Waals surface area contributed by atoms with Crippen molar-refractivity contribution < 1.29 is 17.9 Å². The van der Waals surface area contributed by atoms with E-state index in [9.17, 15) is 13.2 Å². The van der Waals surface area contributed by atoms with Crippen molar-refractivity contribution in [3.05, 3.63) is 41.7 Å². The molecule has 1 unspecified atom stereocenters. The van der Waals surface area contributed by atoms with Crippen molar-refractivity contribution in [2.45, 2.75) is 10.9 Å². The van der Waals surface area contributed by atoms with Crippen LogP contribution in [0.2, 0.25) is 0 Å². The van der Waals surface area contributed by atoms with Gasteiger partial charge in [-0.05, 0) is 17.7 Å². The summed E-state index contributed by atoms with van der Waals surface area (Å²) in [6, 6.07) is 7.54. The minimum atomic E-state index is -2.48. The van der Waals surface area contributed by atoms with E-state index in [1.165, 1.54) is 37.1 Å². The Labute approximate surface area is 127 Å². The van der Waals surface area contributed by atoms with Crippen molar-refractivity contribution in [1.29, 1.82) is 0 Å². The molecule has 112 valence electrons. The molecule has 0 amide bonds. The summed E-state index contributed by atoms with van der Waals surface area (Å²) in [7, 11) is 1.42. The van der Waals surface area contributed by atoms with Crippen LogP contribution in [-0.2, 0) is 17.0 Å². The van der Waals surface area contributed by atoms with Crippen molar-refractivity contribution in [2.75, 3.05) is 11.8 Å². The van der Waals surface area contributed by atoms with Crippen LogP contribution >= 0.6 is 11.8 Å². The Balaban J connectivity index is 2.13. The number of aromatic nitrogens is 2. The molecular formula is C12H11FN3O3S2-. The third-order valence-corrected chi connectivity index (χ3v) is 3.63. The van der Waals surface area contributed by atoms with Crippen LogP contribution in [0.3, 0.4) is 0 Å². The van der Waals surface area contributed by atoms with Crippen molar-refractivity contribution in [2.24, 2.45) is 0 Å². The fourth-order valence-electron chi connectivity index (χ4n) is 1.49. The predicted molar refractivity (Wildman–Crippen MR) is 77.1 cm³/mol. The number of thioether (sulfide) groups is 1. The Morgan fingerprint density at radius 1 is 1.43 bits per heavy atom. The number of rotatable bonds is 6. The molecule has 0 saturated carbocycles. The lowest BCUT2D eigenvalue weighted by molar-refractivity contribution is 0.393. The maximum Gasteiger partial charge on any atom is 0.219 e. The lowest BCUT2D eigenvalue weighted by atomic mass is 10.2. The molecule has 0 aliphatic rings. The quantitative estimate of drug-likeness (QED) is 0.496. The van der Waals surface area contributed by atoms with Gasteiger partial charge in [0.2, 0.25) is 5.88 Å². The average Bonchev–Trinajstić information content (AvgIpc) is 2.44. The van der Waals surface area contributed by atoms with Crippen LogP contribution in [-0.4, -0.2) is 25.8 Å². The number of halogens is 1. The summed E-state index contributed by atoms with van der Waals surface area (Å²) in [5.41, 5.74) is 0.772. The van der Waals surface area contributed by atoms with E-state index in [2.05, 4.69) is 14.7 Å². The molecule has 0 aliphatic heterocycles. The van der Waals surface area contributed by atoms with Gasteiger partial charge >= 0.3 is 0 Å². The number of methoxy groups -OCH3 is 1. The van der Waals surface area contributed by atoms with Gasteiger partial charge in [0.05, 0.1) is 7.11 Å². The van der Waals surface area contributed by atoms with Crippen LogP contribution in [0.5, 0.6) is 5.88 Å². The summed E-state index contributed by atoms with van der Waals surface area (Å²) in [4.78, 5) is 8.12. The van der Waals surface area contributed by atoms with Crippen molar-refractivity contribution in [1.82, 2.24) is 9.97 Å². The van der Waals surface area contributed by atoms with E-state index < -0.39 is 11.3 Å². The van der Waals surface area contributed by atoms with Crippen molar-refractivity contribution in [3.63, 3.8) is 0 Å². The zero-order chi connectivity index (χ0) is 15.2. The SMILES string of the molecule is COc1cc(NS(=O)[O-])nc(SCc2cccc(F)c2)n1. The number of nitrogens with one attached hydrogen (secondary N) is 1. The average molecular weight is 328 g/mol. The maximum absolute atomic E-state index is 13.1. The first-order chi connectivity index (χ1) is 10.1. The van der Waals surface area contributed by atoms with E-state index in [0.29, 0.717) is 10.9 Å². The molecule has 0 saturated heterocycles. The van der Waals surface area contributed by atoms with Gasteiger partial charge in [0.15, 0.2) is 5.16 Å². The van der Waals surface area contributed by atoms with Gasteiger partial charge in [-0.15, -0.1) is 0 Å². The summed E-state index contributed by atoms with van der Waals surface area (Å²) in [6.07, 6.45) is 0. The Bertz CT molecular complexity index is 657. The summed E-state index contributed by atoms with van der Waals surface area (Å²) >= 11 is -1.24. The van der Waals surface area contributed by atoms with Gasteiger partial charge in [0.25, 0.3) is 0 Å². The first-order valence-electron chi connectivity index (χ1n) is 5.73. The number of ether oxygens (including phenoxy) is 1. The predicted octanol–water partition coefficient (Wildman–Crippen LogP) is 2.12. The van der Waals surface area contributed by atoms with Gasteiger partial charge in [-0.2, -0.15) is 4.98 Å². The molecule has 2 rings (SSSR count). The first-order valence-corrected chi connectivity index (χ1v) is 7.79. The highest BCUT2D eigenvalue weighted by molar-refractivity contribution is 7.98. The third kappa shape index (κ3) is 4.96. The van der Waals surface area contributed by atoms with Gasteiger partial charge in [-0.1, -0.05) is 23.9 Å². The van der Waals surface area contributed by atoms with Crippen molar-refractivity contribution >= 4 is 28.8 Å². The molecule has 1 heterocycles. The number of hydrogen-bond acceptors (Lipinski definition) is 6. The van der Waals surface area contributed by atoms with Gasteiger partial charge in [0.1, 0.15) is 11.6 Å². The molecule has 0 spiro atoms. The standard InChI is InChI=1S/C12H12FN3O3S2/c1-19-11-6-10(16-21(17)18)14-12(15-11)20-7-8-3-2-4-9(13)5-8/h2-6H,7H2,1H3,(H,17,18)(H,14,15,16)/p-1. The molecule has 0 fully saturated rings. The minimum Gasteiger partial charge on any atom is -0.755 e. The fourth-order valence-corrected chi connectivity index (χ4v) is 2.55. The van der Waals surface area contributed by atoms with Crippen LogP contribution in [0.15, 0.2) is 35.5 Å². The zero-order valence-electron chi connectivity index (χ0n) is 10.9. The molecule has 0 bridgehead atoms. The monoisotopic (exact) mass is 328 g/mol. The van der Waals surface area contributed by atoms with Crippen LogP contribution in [0.25, 0.3) is 0 Å². The number of hydrogen-bond donors (Lipinski definition) is 1. The van der Waals surface area contributed by atoms with Crippen LogP contribution in [0.1, 0.15) is 5.56 Å². The molecule has 1 aromatic heterocycles. The minimum absolute atomic E-state index is 0.108. The normalized spacial score (nSPS) is 12.0. The van der Waals surface area contributed by atoms with Crippen LogP contribution < -0.4 is 9.46 Å². The molecular weight excluding hydrogens is 317 g/mol. The van der Waals surface area contributed by atoms with Gasteiger partial charge in [-0.25, -0.2) is 9.37 Å². The smallest absolute Gasteiger partial charge is 0.219 e. The van der Waals surface area contributed by atoms with Crippen LogP contribution in [0, 0.1) is 5.82 Å². The Kier molecular flexibility index (Phi) is 5.48. The van der Waals surface area contributed by atoms with E-state index in [1.54, 1.807) is 12.1 Å². The van der Waals surface area contributed by atoms with Crippen LogP contribution in [0.4, 0.5) is 10.2 Å². The van der Waals surface area contributed by atoms with E-state index >= 15 is 0 Å². The highest BCUT2D eigenvalue weighted by Gasteiger charge is 2.06. The molecule has 0 radical (unpaired) electrons. The van der Waals surface area contributed by atoms with E-state index in [1.807, 2.05) is 0 Å². The second-order valence-corrected chi connectivity index (χ2v) is 5.45. The summed E-state index contributed by atoms with van der Waals surface area (Å²) < 4.78 is 41.5. The zero-order valence-corrected chi connectivity index (χ0v) is 12.5. The summed E-state index contributed by atoms with van der Waals surface area (Å²) in [5.74, 6) is 0.477. The van der Waals surface area contributed by atoms with Gasteiger partial charge < -0.3 is 14.0 Å². The maximum atomic E-state index is 13.1. The second kappa shape index (κ2) is 7.34. The highest BCUT2D eigenvalue weighted by atomic mass is 32.2. The number of anilines is 1. The lowest BCUT2D eigenvalue weighted by Gasteiger charge is -2.10. The summed E-state index contributed by atoms with van der Waals surface area (Å²) in [6.45, 7) is 0. The first kappa shape index (κ1) is 15.7. The number of nitrogens with zero attached hydrogens (tertiary/aromatic N) is 2. The topological polar surface area (TPSA) is 87.2 Å². The second-order valence-electron chi connectivity index (χ2n) is 3.83. The van der Waals surface area contributed by atoms with E-state index in [0.717, 1.165) is 5.56 Å². The number of benzene rings is 1. The van der Waals surface area contributed by atoms with Crippen molar-refractivity contribution in [3.8, 4) is 5.88 Å². The Morgan fingerprint density at radius 3 is 2.90 bits per heavy atom. The molecule has 1 N–H and O–H groups in total. The molecule has 2 aromatic rings. The van der Waals surface area contributed by atoms with Gasteiger partial charge in [-0.3, -0.25) is 4.21 Å². The summed E-state index contributed by atoms with van der Waals surface area (Å²) in [5, 5.41) is 0.326. The van der Waals surface area contributed by atoms with E-state index in [4.69, 9.17) is 4.74 Å². The molecule has 1 atom stereocenters. The third-order valence-electron chi connectivity index (χ3n) is 2.34. The molecule has 21 heavy (non-hydrogen) atoms. The molecule has 9 heteroatoms. The Hall–Kier alpha value is -1.71. The fraction of sp³-hybridized carbons (Fsp3) is 0.167. The molecule has 6 nitrogen and oxygen atoms in total. The lowest BCUT2D eigenvalue weighted by Crippen LogP contribution is -2.06. The molecule has 1 aromatic carbocycles.